The maximum atomic E-state index is 12.1. The van der Waals surface area contributed by atoms with Gasteiger partial charge >= 0.3 is 0 Å². The smallest absolute Gasteiger partial charge is 0.210 e. The third kappa shape index (κ3) is 1.68. The van der Waals surface area contributed by atoms with Crippen LogP contribution in [0.3, 0.4) is 0 Å². The SMILES string of the molecule is CC(C(F)F)C(C)C1CC1. The summed E-state index contributed by atoms with van der Waals surface area (Å²) >= 11 is 0. The quantitative estimate of drug-likeness (QED) is 0.577. The first-order chi connectivity index (χ1) is 4.63. The molecule has 1 rings (SSSR count). The molecule has 0 N–H and O–H groups in total. The number of hydrogen-bond acceptors (Lipinski definition) is 0. The molecule has 0 aromatic heterocycles. The summed E-state index contributed by atoms with van der Waals surface area (Å²) in [5, 5.41) is 0. The lowest BCUT2D eigenvalue weighted by Crippen LogP contribution is -2.17. The third-order valence-electron chi connectivity index (χ3n) is 2.59. The Bertz CT molecular complexity index is 102. The highest BCUT2D eigenvalue weighted by molar-refractivity contribution is 4.82. The molecule has 0 heterocycles. The summed E-state index contributed by atoms with van der Waals surface area (Å²) in [5.74, 6) is 0.413. The molecule has 0 nitrogen and oxygen atoms in total. The second kappa shape index (κ2) is 2.85. The molecule has 1 aliphatic rings. The van der Waals surface area contributed by atoms with E-state index < -0.39 is 12.3 Å². The van der Waals surface area contributed by atoms with Gasteiger partial charge in [-0.1, -0.05) is 13.8 Å². The summed E-state index contributed by atoms with van der Waals surface area (Å²) < 4.78 is 24.1. The molecule has 2 heteroatoms. The topological polar surface area (TPSA) is 0 Å². The fraction of sp³-hybridized carbons (Fsp3) is 1.00. The van der Waals surface area contributed by atoms with Crippen LogP contribution in [-0.4, -0.2) is 6.43 Å². The van der Waals surface area contributed by atoms with Crippen molar-refractivity contribution in [2.45, 2.75) is 33.1 Å². The van der Waals surface area contributed by atoms with Gasteiger partial charge in [0, 0.05) is 5.92 Å². The number of halogens is 2. The highest BCUT2D eigenvalue weighted by Gasteiger charge is 2.34. The highest BCUT2D eigenvalue weighted by atomic mass is 19.3. The van der Waals surface area contributed by atoms with Crippen LogP contribution in [0.1, 0.15) is 26.7 Å². The molecule has 0 radical (unpaired) electrons. The van der Waals surface area contributed by atoms with Gasteiger partial charge in [0.05, 0.1) is 0 Å². The van der Waals surface area contributed by atoms with Gasteiger partial charge in [-0.25, -0.2) is 8.78 Å². The normalized spacial score (nSPS) is 24.9. The average molecular weight is 148 g/mol. The van der Waals surface area contributed by atoms with E-state index in [2.05, 4.69) is 0 Å². The molecule has 0 aromatic carbocycles. The van der Waals surface area contributed by atoms with E-state index in [1.807, 2.05) is 6.92 Å². The summed E-state index contributed by atoms with van der Waals surface area (Å²) in [6.45, 7) is 3.59. The van der Waals surface area contributed by atoms with E-state index in [1.165, 1.54) is 0 Å². The van der Waals surface area contributed by atoms with Crippen molar-refractivity contribution < 1.29 is 8.78 Å². The van der Waals surface area contributed by atoms with Crippen LogP contribution in [0.5, 0.6) is 0 Å². The Kier molecular flexibility index (Phi) is 2.27. The van der Waals surface area contributed by atoms with Crippen molar-refractivity contribution in [3.8, 4) is 0 Å². The standard InChI is InChI=1S/C8H14F2/c1-5(7-3-4-7)6(2)8(9)10/h5-8H,3-4H2,1-2H3. The Labute approximate surface area is 60.6 Å². The van der Waals surface area contributed by atoms with Gasteiger partial charge < -0.3 is 0 Å². The molecule has 0 saturated heterocycles. The molecule has 0 aromatic rings. The first-order valence-corrected chi connectivity index (χ1v) is 3.91. The molecule has 0 bridgehead atoms. The van der Waals surface area contributed by atoms with E-state index in [0.29, 0.717) is 5.92 Å². The fourth-order valence-electron chi connectivity index (χ4n) is 1.28. The van der Waals surface area contributed by atoms with Crippen LogP contribution in [0, 0.1) is 17.8 Å². The van der Waals surface area contributed by atoms with Gasteiger partial charge in [0.15, 0.2) is 0 Å². The summed E-state index contributed by atoms with van der Waals surface area (Å²) in [6, 6.07) is 0. The summed E-state index contributed by atoms with van der Waals surface area (Å²) in [6.07, 6.45) is 0.201. The lowest BCUT2D eigenvalue weighted by molar-refractivity contribution is 0.0523. The van der Waals surface area contributed by atoms with Gasteiger partial charge in [-0.2, -0.15) is 0 Å². The van der Waals surface area contributed by atoms with Gasteiger partial charge in [-0.05, 0) is 24.7 Å². The molecule has 2 atom stereocenters. The number of alkyl halides is 2. The van der Waals surface area contributed by atoms with Crippen molar-refractivity contribution in [3.63, 3.8) is 0 Å². The fourth-order valence-corrected chi connectivity index (χ4v) is 1.28. The molecular weight excluding hydrogens is 134 g/mol. The van der Waals surface area contributed by atoms with E-state index >= 15 is 0 Å². The first kappa shape index (κ1) is 7.96. The first-order valence-electron chi connectivity index (χ1n) is 3.91. The van der Waals surface area contributed by atoms with Gasteiger partial charge in [0.1, 0.15) is 0 Å². The lowest BCUT2D eigenvalue weighted by Gasteiger charge is -2.17. The van der Waals surface area contributed by atoms with Crippen molar-refractivity contribution in [2.24, 2.45) is 17.8 Å². The van der Waals surface area contributed by atoms with E-state index in [1.54, 1.807) is 6.92 Å². The number of hydrogen-bond donors (Lipinski definition) is 0. The van der Waals surface area contributed by atoms with Crippen LogP contribution in [0.15, 0.2) is 0 Å². The minimum atomic E-state index is -2.13. The van der Waals surface area contributed by atoms with E-state index in [0.717, 1.165) is 12.8 Å². The van der Waals surface area contributed by atoms with Gasteiger partial charge in [-0.3, -0.25) is 0 Å². The van der Waals surface area contributed by atoms with Crippen LogP contribution in [0.2, 0.25) is 0 Å². The highest BCUT2D eigenvalue weighted by Crippen LogP contribution is 2.41. The maximum Gasteiger partial charge on any atom is 0.241 e. The Morgan fingerprint density at radius 2 is 1.70 bits per heavy atom. The molecular formula is C8H14F2. The Morgan fingerprint density at radius 1 is 1.20 bits per heavy atom. The molecule has 60 valence electrons. The predicted octanol–water partition coefficient (Wildman–Crippen LogP) is 2.93. The van der Waals surface area contributed by atoms with Crippen LogP contribution in [0.25, 0.3) is 0 Å². The van der Waals surface area contributed by atoms with Crippen LogP contribution in [0.4, 0.5) is 8.78 Å². The largest absolute Gasteiger partial charge is 0.241 e. The van der Waals surface area contributed by atoms with Gasteiger partial charge in [0.25, 0.3) is 0 Å². The molecule has 1 fully saturated rings. The molecule has 1 saturated carbocycles. The van der Waals surface area contributed by atoms with Crippen molar-refractivity contribution in [1.82, 2.24) is 0 Å². The monoisotopic (exact) mass is 148 g/mol. The summed E-state index contributed by atoms with van der Waals surface area (Å²) in [4.78, 5) is 0. The van der Waals surface area contributed by atoms with Crippen LogP contribution >= 0.6 is 0 Å². The second-order valence-corrected chi connectivity index (χ2v) is 3.39. The summed E-state index contributed by atoms with van der Waals surface area (Å²) in [5.41, 5.74) is 0. The minimum Gasteiger partial charge on any atom is -0.210 e. The van der Waals surface area contributed by atoms with Crippen molar-refractivity contribution >= 4 is 0 Å². The molecule has 0 spiro atoms. The summed E-state index contributed by atoms with van der Waals surface area (Å²) in [7, 11) is 0. The number of rotatable bonds is 3. The zero-order valence-electron chi connectivity index (χ0n) is 6.48. The maximum absolute atomic E-state index is 12.1. The Hall–Kier alpha value is -0.140. The van der Waals surface area contributed by atoms with E-state index in [4.69, 9.17) is 0 Å². The zero-order valence-corrected chi connectivity index (χ0v) is 6.48. The van der Waals surface area contributed by atoms with Crippen LogP contribution in [-0.2, 0) is 0 Å². The zero-order chi connectivity index (χ0) is 7.72. The Balaban J connectivity index is 2.30. The lowest BCUT2D eigenvalue weighted by atomic mass is 9.92. The molecule has 0 aliphatic heterocycles. The third-order valence-corrected chi connectivity index (χ3v) is 2.59. The molecule has 1 aliphatic carbocycles. The van der Waals surface area contributed by atoms with Crippen molar-refractivity contribution in [2.75, 3.05) is 0 Å². The van der Waals surface area contributed by atoms with E-state index in [9.17, 15) is 8.78 Å². The van der Waals surface area contributed by atoms with Crippen LogP contribution < -0.4 is 0 Å². The minimum absolute atomic E-state index is 0.222. The molecule has 0 amide bonds. The molecule has 10 heavy (non-hydrogen) atoms. The van der Waals surface area contributed by atoms with Gasteiger partial charge in [0.2, 0.25) is 6.43 Å². The van der Waals surface area contributed by atoms with Crippen molar-refractivity contribution in [1.29, 1.82) is 0 Å². The molecule has 2 unspecified atom stereocenters. The van der Waals surface area contributed by atoms with Gasteiger partial charge in [-0.15, -0.1) is 0 Å². The predicted molar refractivity (Wildman–Crippen MR) is 37.1 cm³/mol. The van der Waals surface area contributed by atoms with E-state index in [-0.39, 0.29) is 5.92 Å². The Morgan fingerprint density at radius 3 is 2.00 bits per heavy atom. The average Bonchev–Trinajstić information content (AvgIpc) is 2.65. The second-order valence-electron chi connectivity index (χ2n) is 3.39. The van der Waals surface area contributed by atoms with Crippen molar-refractivity contribution in [3.05, 3.63) is 0 Å².